The number of nitrogens with zero attached hydrogens (tertiary/aromatic N) is 2. The van der Waals surface area contributed by atoms with Gasteiger partial charge in [0.25, 0.3) is 0 Å². The maximum absolute atomic E-state index is 5.29. The summed E-state index contributed by atoms with van der Waals surface area (Å²) in [5.74, 6) is 0.703. The lowest BCUT2D eigenvalue weighted by atomic mass is 9.55. The predicted octanol–water partition coefficient (Wildman–Crippen LogP) is 15.0. The van der Waals surface area contributed by atoms with Crippen molar-refractivity contribution in [2.45, 2.75) is 24.7 Å². The molecule has 0 aliphatic heterocycles. The molecule has 0 unspecified atom stereocenters. The lowest BCUT2D eigenvalue weighted by Gasteiger charge is -2.46. The van der Waals surface area contributed by atoms with Crippen LogP contribution in [0.15, 0.2) is 218 Å². The fraction of sp³-hybridized carbons (Fsp3) is 0.0667. The molecule has 0 atom stereocenters. The molecule has 292 valence electrons. The van der Waals surface area contributed by atoms with Crippen molar-refractivity contribution < 1.29 is 0 Å². The Morgan fingerprint density at radius 2 is 0.774 bits per heavy atom. The molecular formula is C60H42N2. The van der Waals surface area contributed by atoms with Gasteiger partial charge in [-0.05, 0) is 95.7 Å². The van der Waals surface area contributed by atoms with Crippen LogP contribution in [0.5, 0.6) is 0 Å². The van der Waals surface area contributed by atoms with Crippen LogP contribution in [-0.2, 0) is 10.8 Å². The van der Waals surface area contributed by atoms with Crippen LogP contribution >= 0.6 is 0 Å². The van der Waals surface area contributed by atoms with E-state index in [2.05, 4.69) is 226 Å². The summed E-state index contributed by atoms with van der Waals surface area (Å²) in [6, 6.07) is 79.7. The van der Waals surface area contributed by atoms with Crippen LogP contribution in [0.1, 0.15) is 47.2 Å². The summed E-state index contributed by atoms with van der Waals surface area (Å²) >= 11 is 0. The second kappa shape index (κ2) is 13.9. The van der Waals surface area contributed by atoms with E-state index in [-0.39, 0.29) is 5.41 Å². The molecule has 0 amide bonds. The van der Waals surface area contributed by atoms with Gasteiger partial charge in [-0.3, -0.25) is 0 Å². The molecule has 0 bridgehead atoms. The zero-order valence-corrected chi connectivity index (χ0v) is 34.7. The van der Waals surface area contributed by atoms with Crippen LogP contribution in [0.4, 0.5) is 0 Å². The first-order valence-corrected chi connectivity index (χ1v) is 21.6. The van der Waals surface area contributed by atoms with E-state index < -0.39 is 5.41 Å². The minimum Gasteiger partial charge on any atom is -0.228 e. The molecule has 0 saturated carbocycles. The van der Waals surface area contributed by atoms with E-state index in [0.29, 0.717) is 5.82 Å². The highest BCUT2D eigenvalue weighted by molar-refractivity contribution is 6.05. The van der Waals surface area contributed by atoms with Gasteiger partial charge in [-0.2, -0.15) is 0 Å². The Morgan fingerprint density at radius 3 is 1.48 bits per heavy atom. The second-order valence-corrected chi connectivity index (χ2v) is 17.3. The first kappa shape index (κ1) is 36.2. The second-order valence-electron chi connectivity index (χ2n) is 17.3. The normalized spacial score (nSPS) is 13.9. The fourth-order valence-corrected chi connectivity index (χ4v) is 10.7. The number of aromatic nitrogens is 2. The summed E-state index contributed by atoms with van der Waals surface area (Å²) in [5, 5.41) is 2.36. The summed E-state index contributed by atoms with van der Waals surface area (Å²) in [6.07, 6.45) is 0. The Hall–Kier alpha value is -7.68. The molecular weight excluding hydrogens is 749 g/mol. The average Bonchev–Trinajstić information content (AvgIpc) is 3.63. The molecule has 2 heteroatoms. The monoisotopic (exact) mass is 790 g/mol. The van der Waals surface area contributed by atoms with Gasteiger partial charge in [0.05, 0.1) is 16.8 Å². The van der Waals surface area contributed by atoms with Crippen LogP contribution in [0.2, 0.25) is 0 Å². The van der Waals surface area contributed by atoms with Gasteiger partial charge in [0.2, 0.25) is 0 Å². The van der Waals surface area contributed by atoms with Crippen LogP contribution in [0, 0.1) is 0 Å². The Bertz CT molecular complexity index is 3330. The van der Waals surface area contributed by atoms with Gasteiger partial charge >= 0.3 is 0 Å². The van der Waals surface area contributed by atoms with E-state index in [0.717, 1.165) is 39.0 Å². The first-order valence-electron chi connectivity index (χ1n) is 21.6. The molecule has 2 aliphatic rings. The minimum absolute atomic E-state index is 0.146. The number of fused-ring (bicyclic) bond motifs is 10. The average molecular weight is 791 g/mol. The third-order valence-electron chi connectivity index (χ3n) is 13.6. The SMILES string of the molecule is CC1(C)c2ccccc2C2(c3ccccc3-c3ccc(-c4cccc(-c5cc(-c6ccc(-c7ccccc7)c7ccccc67)nc(-c6ccccc6)n5)c4)cc32)c2ccccc21. The van der Waals surface area contributed by atoms with Gasteiger partial charge in [0.15, 0.2) is 5.82 Å². The van der Waals surface area contributed by atoms with Crippen molar-refractivity contribution in [2.24, 2.45) is 0 Å². The third kappa shape index (κ3) is 5.36. The molecule has 1 heterocycles. The Kier molecular flexibility index (Phi) is 8.14. The maximum atomic E-state index is 5.29. The molecule has 12 rings (SSSR count). The highest BCUT2D eigenvalue weighted by Crippen LogP contribution is 2.62. The van der Waals surface area contributed by atoms with Crippen molar-refractivity contribution in [2.75, 3.05) is 0 Å². The molecule has 62 heavy (non-hydrogen) atoms. The lowest BCUT2D eigenvalue weighted by molar-refractivity contribution is 0.563. The number of rotatable bonds is 5. The molecule has 2 nitrogen and oxygen atoms in total. The van der Waals surface area contributed by atoms with Crippen molar-refractivity contribution in [3.05, 3.63) is 252 Å². The molecule has 0 saturated heterocycles. The number of hydrogen-bond donors (Lipinski definition) is 0. The van der Waals surface area contributed by atoms with Crippen molar-refractivity contribution in [1.29, 1.82) is 0 Å². The molecule has 1 aromatic heterocycles. The Labute approximate surface area is 362 Å². The molecule has 10 aromatic rings. The zero-order valence-electron chi connectivity index (χ0n) is 34.7. The van der Waals surface area contributed by atoms with Crippen LogP contribution < -0.4 is 0 Å². The van der Waals surface area contributed by atoms with Gasteiger partial charge in [0.1, 0.15) is 0 Å². The highest BCUT2D eigenvalue weighted by atomic mass is 14.9. The van der Waals surface area contributed by atoms with E-state index in [1.54, 1.807) is 0 Å². The largest absolute Gasteiger partial charge is 0.228 e. The summed E-state index contributed by atoms with van der Waals surface area (Å²) in [7, 11) is 0. The zero-order chi connectivity index (χ0) is 41.4. The van der Waals surface area contributed by atoms with Gasteiger partial charge in [-0.1, -0.05) is 214 Å². The van der Waals surface area contributed by atoms with E-state index in [1.165, 1.54) is 66.6 Å². The number of benzene rings is 9. The van der Waals surface area contributed by atoms with E-state index in [9.17, 15) is 0 Å². The van der Waals surface area contributed by atoms with E-state index >= 15 is 0 Å². The smallest absolute Gasteiger partial charge is 0.160 e. The number of hydrogen-bond acceptors (Lipinski definition) is 2. The third-order valence-corrected chi connectivity index (χ3v) is 13.6. The Balaban J connectivity index is 1.03. The van der Waals surface area contributed by atoms with Gasteiger partial charge in [-0.25, -0.2) is 9.97 Å². The lowest BCUT2D eigenvalue weighted by Crippen LogP contribution is -2.40. The topological polar surface area (TPSA) is 25.8 Å². The van der Waals surface area contributed by atoms with Crippen molar-refractivity contribution in [3.8, 4) is 67.3 Å². The van der Waals surface area contributed by atoms with E-state index in [4.69, 9.17) is 9.97 Å². The summed E-state index contributed by atoms with van der Waals surface area (Å²) in [6.45, 7) is 4.76. The molecule has 0 N–H and O–H groups in total. The van der Waals surface area contributed by atoms with Gasteiger partial charge in [-0.15, -0.1) is 0 Å². The van der Waals surface area contributed by atoms with Crippen LogP contribution in [0.25, 0.3) is 78.1 Å². The molecule has 0 fully saturated rings. The van der Waals surface area contributed by atoms with Crippen LogP contribution in [-0.4, -0.2) is 9.97 Å². The molecule has 9 aromatic carbocycles. The van der Waals surface area contributed by atoms with Gasteiger partial charge < -0.3 is 0 Å². The van der Waals surface area contributed by atoms with Crippen molar-refractivity contribution in [1.82, 2.24) is 9.97 Å². The van der Waals surface area contributed by atoms with Gasteiger partial charge in [0, 0.05) is 22.1 Å². The minimum atomic E-state index is -0.451. The van der Waals surface area contributed by atoms with E-state index in [1.807, 2.05) is 6.07 Å². The molecule has 1 spiro atoms. The quantitative estimate of drug-likeness (QED) is 0.174. The first-order chi connectivity index (χ1) is 30.5. The van der Waals surface area contributed by atoms with Crippen molar-refractivity contribution in [3.63, 3.8) is 0 Å². The highest BCUT2D eigenvalue weighted by Gasteiger charge is 2.53. The molecule has 0 radical (unpaired) electrons. The maximum Gasteiger partial charge on any atom is 0.160 e. The summed E-state index contributed by atoms with van der Waals surface area (Å²) in [4.78, 5) is 10.6. The standard InChI is InChI=1S/C60H42N2/c1-59(2)51-28-13-15-30-53(51)60(54-31-16-14-29-52(54)59)50-27-12-11-26-47(50)48-33-32-42(37-55(48)60)41-22-17-23-43(36-41)56-38-57(62-58(61-56)40-20-7-4-8-21-40)49-35-34-44(39-18-5-3-6-19-39)45-24-9-10-25-46(45)49/h3-38H,1-2H3. The fourth-order valence-electron chi connectivity index (χ4n) is 10.7. The predicted molar refractivity (Wildman–Crippen MR) is 256 cm³/mol. The Morgan fingerprint density at radius 1 is 0.290 bits per heavy atom. The summed E-state index contributed by atoms with van der Waals surface area (Å²) in [5.41, 5.74) is 19.8. The van der Waals surface area contributed by atoms with Crippen LogP contribution in [0.3, 0.4) is 0 Å². The van der Waals surface area contributed by atoms with Crippen molar-refractivity contribution >= 4 is 10.8 Å². The molecule has 2 aliphatic carbocycles. The summed E-state index contributed by atoms with van der Waals surface area (Å²) < 4.78 is 0.